The Bertz CT molecular complexity index is 297. The Morgan fingerprint density at radius 3 is 2.37 bits per heavy atom. The lowest BCUT2D eigenvalue weighted by atomic mass is 9.95. The van der Waals surface area contributed by atoms with E-state index < -0.39 is 5.92 Å². The SMILES string of the molecule is CCCCN(CCCC)C(=O)C1CCCN(C)C1=O. The Balaban J connectivity index is 2.65. The number of unbranched alkanes of at least 4 members (excludes halogenated alkanes) is 2. The van der Waals surface area contributed by atoms with Crippen LogP contribution < -0.4 is 0 Å². The molecular formula is C15H28N2O2. The molecule has 1 rings (SSSR count). The van der Waals surface area contributed by atoms with E-state index in [0.29, 0.717) is 0 Å². The first-order chi connectivity index (χ1) is 9.11. The van der Waals surface area contributed by atoms with Crippen LogP contribution in [0.15, 0.2) is 0 Å². The Kier molecular flexibility index (Phi) is 6.89. The molecule has 0 radical (unpaired) electrons. The van der Waals surface area contributed by atoms with Gasteiger partial charge in [0.2, 0.25) is 11.8 Å². The molecule has 1 saturated heterocycles. The van der Waals surface area contributed by atoms with Crippen molar-refractivity contribution in [3.8, 4) is 0 Å². The Morgan fingerprint density at radius 2 is 1.84 bits per heavy atom. The molecule has 19 heavy (non-hydrogen) atoms. The summed E-state index contributed by atoms with van der Waals surface area (Å²) in [5.41, 5.74) is 0. The zero-order valence-electron chi connectivity index (χ0n) is 12.7. The predicted molar refractivity (Wildman–Crippen MR) is 76.8 cm³/mol. The van der Waals surface area contributed by atoms with Crippen LogP contribution in [0.25, 0.3) is 0 Å². The van der Waals surface area contributed by atoms with Gasteiger partial charge in [0.05, 0.1) is 0 Å². The largest absolute Gasteiger partial charge is 0.345 e. The minimum atomic E-state index is -0.424. The van der Waals surface area contributed by atoms with E-state index in [2.05, 4.69) is 13.8 Å². The second kappa shape index (κ2) is 8.18. The minimum absolute atomic E-state index is 0.00856. The lowest BCUT2D eigenvalue weighted by Crippen LogP contribution is -2.47. The van der Waals surface area contributed by atoms with Crippen molar-refractivity contribution in [3.05, 3.63) is 0 Å². The average Bonchev–Trinajstić information content (AvgIpc) is 2.41. The first-order valence-electron chi connectivity index (χ1n) is 7.65. The van der Waals surface area contributed by atoms with Gasteiger partial charge in [-0.25, -0.2) is 0 Å². The summed E-state index contributed by atoms with van der Waals surface area (Å²) in [6, 6.07) is 0. The van der Waals surface area contributed by atoms with Crippen LogP contribution in [0.5, 0.6) is 0 Å². The molecule has 0 aromatic rings. The van der Waals surface area contributed by atoms with Gasteiger partial charge in [-0.05, 0) is 25.7 Å². The molecule has 4 nitrogen and oxygen atoms in total. The third-order valence-corrected chi connectivity index (χ3v) is 3.83. The van der Waals surface area contributed by atoms with Crippen LogP contribution in [0.3, 0.4) is 0 Å². The molecule has 1 unspecified atom stereocenters. The van der Waals surface area contributed by atoms with Crippen molar-refractivity contribution in [2.75, 3.05) is 26.7 Å². The fraction of sp³-hybridized carbons (Fsp3) is 0.867. The Labute approximate surface area is 117 Å². The van der Waals surface area contributed by atoms with Gasteiger partial charge in [0.15, 0.2) is 0 Å². The van der Waals surface area contributed by atoms with Crippen molar-refractivity contribution in [1.82, 2.24) is 9.80 Å². The number of likely N-dealkylation sites (tertiary alicyclic amines) is 1. The van der Waals surface area contributed by atoms with E-state index in [0.717, 1.165) is 58.2 Å². The van der Waals surface area contributed by atoms with E-state index in [4.69, 9.17) is 0 Å². The van der Waals surface area contributed by atoms with Gasteiger partial charge in [-0.15, -0.1) is 0 Å². The fourth-order valence-electron chi connectivity index (χ4n) is 2.51. The number of amides is 2. The molecule has 1 aliphatic rings. The number of rotatable bonds is 7. The van der Waals surface area contributed by atoms with Crippen LogP contribution in [0.2, 0.25) is 0 Å². The van der Waals surface area contributed by atoms with Gasteiger partial charge in [0.25, 0.3) is 0 Å². The van der Waals surface area contributed by atoms with Crippen molar-refractivity contribution >= 4 is 11.8 Å². The fourth-order valence-corrected chi connectivity index (χ4v) is 2.51. The zero-order valence-corrected chi connectivity index (χ0v) is 12.7. The van der Waals surface area contributed by atoms with Crippen LogP contribution >= 0.6 is 0 Å². The second-order valence-electron chi connectivity index (χ2n) is 5.49. The van der Waals surface area contributed by atoms with Crippen molar-refractivity contribution < 1.29 is 9.59 Å². The van der Waals surface area contributed by atoms with Crippen molar-refractivity contribution in [2.45, 2.75) is 52.4 Å². The van der Waals surface area contributed by atoms with Gasteiger partial charge in [0, 0.05) is 26.7 Å². The van der Waals surface area contributed by atoms with Gasteiger partial charge >= 0.3 is 0 Å². The van der Waals surface area contributed by atoms with Crippen molar-refractivity contribution in [2.24, 2.45) is 5.92 Å². The molecule has 0 saturated carbocycles. The van der Waals surface area contributed by atoms with Crippen LogP contribution in [-0.2, 0) is 9.59 Å². The number of carbonyl (C=O) groups is 2. The van der Waals surface area contributed by atoms with Crippen LogP contribution in [0.1, 0.15) is 52.4 Å². The summed E-state index contributed by atoms with van der Waals surface area (Å²) in [7, 11) is 1.80. The van der Waals surface area contributed by atoms with Gasteiger partial charge in [0.1, 0.15) is 5.92 Å². The molecular weight excluding hydrogens is 240 g/mol. The summed E-state index contributed by atoms with van der Waals surface area (Å²) < 4.78 is 0. The molecule has 1 fully saturated rings. The maximum Gasteiger partial charge on any atom is 0.235 e. The standard InChI is InChI=1S/C15H28N2O2/c1-4-6-11-17(12-7-5-2)15(19)13-9-8-10-16(3)14(13)18/h13H,4-12H2,1-3H3. The molecule has 1 atom stereocenters. The monoisotopic (exact) mass is 268 g/mol. The normalized spacial score (nSPS) is 19.6. The maximum absolute atomic E-state index is 12.5. The lowest BCUT2D eigenvalue weighted by molar-refractivity contribution is -0.149. The molecule has 0 spiro atoms. The minimum Gasteiger partial charge on any atom is -0.345 e. The van der Waals surface area contributed by atoms with Crippen molar-refractivity contribution in [3.63, 3.8) is 0 Å². The highest BCUT2D eigenvalue weighted by Gasteiger charge is 2.34. The van der Waals surface area contributed by atoms with E-state index in [9.17, 15) is 9.59 Å². The van der Waals surface area contributed by atoms with E-state index in [1.54, 1.807) is 11.9 Å². The molecule has 0 bridgehead atoms. The maximum atomic E-state index is 12.5. The molecule has 0 aromatic heterocycles. The summed E-state index contributed by atoms with van der Waals surface area (Å²) in [5, 5.41) is 0. The van der Waals surface area contributed by atoms with Gasteiger partial charge < -0.3 is 9.80 Å². The van der Waals surface area contributed by atoms with E-state index >= 15 is 0 Å². The molecule has 1 aliphatic heterocycles. The Morgan fingerprint density at radius 1 is 1.26 bits per heavy atom. The average molecular weight is 268 g/mol. The van der Waals surface area contributed by atoms with Crippen LogP contribution in [-0.4, -0.2) is 48.3 Å². The van der Waals surface area contributed by atoms with Gasteiger partial charge in [-0.3, -0.25) is 9.59 Å². The highest BCUT2D eigenvalue weighted by molar-refractivity contribution is 6.00. The van der Waals surface area contributed by atoms with Gasteiger partial charge in [-0.1, -0.05) is 26.7 Å². The van der Waals surface area contributed by atoms with Crippen LogP contribution in [0, 0.1) is 5.92 Å². The van der Waals surface area contributed by atoms with E-state index in [1.165, 1.54) is 0 Å². The highest BCUT2D eigenvalue weighted by atomic mass is 16.2. The smallest absolute Gasteiger partial charge is 0.235 e. The topological polar surface area (TPSA) is 40.6 Å². The molecule has 0 aliphatic carbocycles. The quantitative estimate of drug-likeness (QED) is 0.665. The zero-order chi connectivity index (χ0) is 14.3. The number of hydrogen-bond acceptors (Lipinski definition) is 2. The highest BCUT2D eigenvalue weighted by Crippen LogP contribution is 2.20. The first kappa shape index (κ1) is 16.0. The van der Waals surface area contributed by atoms with Gasteiger partial charge in [-0.2, -0.15) is 0 Å². The summed E-state index contributed by atoms with van der Waals surface area (Å²) in [6.45, 7) is 6.63. The number of carbonyl (C=O) groups excluding carboxylic acids is 2. The van der Waals surface area contributed by atoms with E-state index in [-0.39, 0.29) is 11.8 Å². The summed E-state index contributed by atoms with van der Waals surface area (Å²) in [6.07, 6.45) is 5.85. The first-order valence-corrected chi connectivity index (χ1v) is 7.65. The number of piperidine rings is 1. The summed E-state index contributed by atoms with van der Waals surface area (Å²) >= 11 is 0. The lowest BCUT2D eigenvalue weighted by Gasteiger charge is -2.32. The molecule has 0 aromatic carbocycles. The molecule has 1 heterocycles. The predicted octanol–water partition coefficient (Wildman–Crippen LogP) is 2.28. The second-order valence-corrected chi connectivity index (χ2v) is 5.49. The summed E-state index contributed by atoms with van der Waals surface area (Å²) in [4.78, 5) is 28.3. The molecule has 4 heteroatoms. The number of hydrogen-bond donors (Lipinski definition) is 0. The van der Waals surface area contributed by atoms with Crippen molar-refractivity contribution in [1.29, 1.82) is 0 Å². The molecule has 110 valence electrons. The Hall–Kier alpha value is -1.06. The third-order valence-electron chi connectivity index (χ3n) is 3.83. The molecule has 0 N–H and O–H groups in total. The third kappa shape index (κ3) is 4.51. The summed E-state index contributed by atoms with van der Waals surface area (Å²) in [5.74, 6) is -0.361. The van der Waals surface area contributed by atoms with Crippen LogP contribution in [0.4, 0.5) is 0 Å². The number of nitrogens with zero attached hydrogens (tertiary/aromatic N) is 2. The molecule has 2 amide bonds. The van der Waals surface area contributed by atoms with E-state index in [1.807, 2.05) is 4.90 Å².